The largest absolute Gasteiger partial charge is 0.508 e. The molecule has 0 aromatic heterocycles. The van der Waals surface area contributed by atoms with Crippen LogP contribution in [0, 0.1) is 0 Å². The summed E-state index contributed by atoms with van der Waals surface area (Å²) in [6, 6.07) is 5.72. The Morgan fingerprint density at radius 3 is 2.44 bits per heavy atom. The topological polar surface area (TPSA) is 127 Å². The van der Waals surface area contributed by atoms with Crippen LogP contribution in [0.2, 0.25) is 0 Å². The Balaban J connectivity index is 2.90. The second-order valence-electron chi connectivity index (χ2n) is 3.65. The molecule has 7 nitrogen and oxygen atoms in total. The molecule has 0 aliphatic rings. The van der Waals surface area contributed by atoms with Crippen LogP contribution in [-0.4, -0.2) is 32.5 Å². The molecule has 0 saturated heterocycles. The SMILES string of the molecule is O=C(O)CCNC(c1ccccc1O)P(=O)(O)O. The molecular formula is C10H14NO6P. The van der Waals surface area contributed by atoms with Crippen LogP contribution in [0.1, 0.15) is 17.8 Å². The molecule has 1 unspecified atom stereocenters. The molecule has 100 valence electrons. The smallest absolute Gasteiger partial charge is 0.346 e. The summed E-state index contributed by atoms with van der Waals surface area (Å²) >= 11 is 0. The van der Waals surface area contributed by atoms with E-state index < -0.39 is 19.3 Å². The highest BCUT2D eigenvalue weighted by atomic mass is 31.2. The Hall–Kier alpha value is -1.40. The van der Waals surface area contributed by atoms with Gasteiger partial charge in [-0.1, -0.05) is 18.2 Å². The number of hydrogen-bond donors (Lipinski definition) is 5. The maximum absolute atomic E-state index is 11.3. The summed E-state index contributed by atoms with van der Waals surface area (Å²) in [5, 5.41) is 20.5. The summed E-state index contributed by atoms with van der Waals surface area (Å²) in [6.45, 7) is -0.112. The van der Waals surface area contributed by atoms with Crippen molar-refractivity contribution in [1.29, 1.82) is 0 Å². The van der Waals surface area contributed by atoms with Crippen molar-refractivity contribution in [3.8, 4) is 5.75 Å². The molecule has 1 aromatic rings. The van der Waals surface area contributed by atoms with E-state index in [-0.39, 0.29) is 24.3 Å². The third kappa shape index (κ3) is 4.12. The normalized spacial score (nSPS) is 13.2. The lowest BCUT2D eigenvalue weighted by atomic mass is 10.2. The first-order valence-corrected chi connectivity index (χ1v) is 6.79. The second kappa shape index (κ2) is 5.97. The van der Waals surface area contributed by atoms with E-state index in [0.717, 1.165) is 0 Å². The summed E-state index contributed by atoms with van der Waals surface area (Å²) in [7, 11) is -4.55. The minimum atomic E-state index is -4.55. The van der Waals surface area contributed by atoms with Gasteiger partial charge in [0.25, 0.3) is 0 Å². The van der Waals surface area contributed by atoms with E-state index in [1.54, 1.807) is 0 Å². The Bertz CT molecular complexity index is 471. The summed E-state index contributed by atoms with van der Waals surface area (Å²) in [4.78, 5) is 28.8. The van der Waals surface area contributed by atoms with Gasteiger partial charge >= 0.3 is 13.6 Å². The van der Waals surface area contributed by atoms with Gasteiger partial charge in [-0.3, -0.25) is 14.7 Å². The molecule has 0 aliphatic heterocycles. The molecule has 0 spiro atoms. The van der Waals surface area contributed by atoms with E-state index in [1.165, 1.54) is 24.3 Å². The van der Waals surface area contributed by atoms with Gasteiger partial charge in [-0.15, -0.1) is 0 Å². The van der Waals surface area contributed by atoms with Crippen molar-refractivity contribution >= 4 is 13.6 Å². The second-order valence-corrected chi connectivity index (χ2v) is 5.34. The van der Waals surface area contributed by atoms with Gasteiger partial charge in [0.2, 0.25) is 0 Å². The van der Waals surface area contributed by atoms with Crippen molar-refractivity contribution in [2.45, 2.75) is 12.2 Å². The Morgan fingerprint density at radius 2 is 1.94 bits per heavy atom. The highest BCUT2D eigenvalue weighted by Gasteiger charge is 2.31. The van der Waals surface area contributed by atoms with Crippen LogP contribution in [0.15, 0.2) is 24.3 Å². The zero-order valence-electron chi connectivity index (χ0n) is 9.35. The van der Waals surface area contributed by atoms with Crippen molar-refractivity contribution < 1.29 is 29.4 Å². The van der Waals surface area contributed by atoms with Crippen LogP contribution in [0.5, 0.6) is 5.75 Å². The van der Waals surface area contributed by atoms with E-state index in [2.05, 4.69) is 5.32 Å². The minimum Gasteiger partial charge on any atom is -0.508 e. The first kappa shape index (κ1) is 14.7. The molecular weight excluding hydrogens is 261 g/mol. The molecule has 0 heterocycles. The number of carboxylic acids is 1. The first-order valence-electron chi connectivity index (χ1n) is 5.10. The van der Waals surface area contributed by atoms with E-state index >= 15 is 0 Å². The summed E-state index contributed by atoms with van der Waals surface area (Å²) in [5.41, 5.74) is 0.0382. The number of rotatable bonds is 6. The zero-order chi connectivity index (χ0) is 13.8. The number of phenols is 1. The molecule has 18 heavy (non-hydrogen) atoms. The maximum Gasteiger partial charge on any atom is 0.346 e. The fraction of sp³-hybridized carbons (Fsp3) is 0.300. The summed E-state index contributed by atoms with van der Waals surface area (Å²) < 4.78 is 11.3. The molecule has 0 amide bonds. The number of hydrogen-bond acceptors (Lipinski definition) is 4. The molecule has 1 atom stereocenters. The van der Waals surface area contributed by atoms with Gasteiger partial charge in [-0.05, 0) is 6.07 Å². The Labute approximate surface area is 103 Å². The highest BCUT2D eigenvalue weighted by Crippen LogP contribution is 2.51. The molecule has 0 radical (unpaired) electrons. The van der Waals surface area contributed by atoms with Crippen molar-refractivity contribution in [2.24, 2.45) is 0 Å². The zero-order valence-corrected chi connectivity index (χ0v) is 10.2. The molecule has 0 aliphatic carbocycles. The monoisotopic (exact) mass is 275 g/mol. The van der Waals surface area contributed by atoms with E-state index in [1.807, 2.05) is 0 Å². The van der Waals surface area contributed by atoms with Crippen molar-refractivity contribution in [3.63, 3.8) is 0 Å². The lowest BCUT2D eigenvalue weighted by molar-refractivity contribution is -0.136. The predicted octanol–water partition coefficient (Wildman–Crippen LogP) is 0.633. The van der Waals surface area contributed by atoms with Crippen LogP contribution < -0.4 is 5.32 Å². The average molecular weight is 275 g/mol. The number of aromatic hydroxyl groups is 1. The van der Waals surface area contributed by atoms with Crippen LogP contribution in [0.4, 0.5) is 0 Å². The Morgan fingerprint density at radius 1 is 1.33 bits per heavy atom. The van der Waals surface area contributed by atoms with Crippen molar-refractivity contribution in [3.05, 3.63) is 29.8 Å². The van der Waals surface area contributed by atoms with Crippen LogP contribution >= 0.6 is 7.60 Å². The third-order valence-corrected chi connectivity index (χ3v) is 3.38. The van der Waals surface area contributed by atoms with Gasteiger partial charge < -0.3 is 20.0 Å². The standard InChI is InChI=1S/C10H14NO6P/c12-8-4-2-1-3-7(8)10(18(15,16)17)11-6-5-9(13)14/h1-4,10-12H,5-6H2,(H,13,14)(H2,15,16,17). The van der Waals surface area contributed by atoms with Gasteiger partial charge in [-0.2, -0.15) is 0 Å². The molecule has 5 N–H and O–H groups in total. The molecule has 0 bridgehead atoms. The number of benzene rings is 1. The number of phenolic OH excluding ortho intramolecular Hbond substituents is 1. The van der Waals surface area contributed by atoms with Gasteiger partial charge in [0.05, 0.1) is 6.42 Å². The fourth-order valence-electron chi connectivity index (χ4n) is 1.44. The average Bonchev–Trinajstić information content (AvgIpc) is 2.24. The predicted molar refractivity (Wildman–Crippen MR) is 63.1 cm³/mol. The summed E-state index contributed by atoms with van der Waals surface area (Å²) in [6.07, 6.45) is -0.274. The van der Waals surface area contributed by atoms with Crippen LogP contribution in [0.25, 0.3) is 0 Å². The quantitative estimate of drug-likeness (QED) is 0.482. The molecule has 0 saturated carbocycles. The van der Waals surface area contributed by atoms with Gasteiger partial charge in [-0.25, -0.2) is 0 Å². The lowest BCUT2D eigenvalue weighted by Gasteiger charge is -2.20. The molecule has 1 rings (SSSR count). The van der Waals surface area contributed by atoms with Crippen molar-refractivity contribution in [1.82, 2.24) is 5.32 Å². The number of para-hydroxylation sites is 1. The van der Waals surface area contributed by atoms with E-state index in [9.17, 15) is 24.3 Å². The highest BCUT2D eigenvalue weighted by molar-refractivity contribution is 7.52. The van der Waals surface area contributed by atoms with Crippen LogP contribution in [-0.2, 0) is 9.36 Å². The van der Waals surface area contributed by atoms with Gasteiger partial charge in [0.1, 0.15) is 11.5 Å². The molecule has 8 heteroatoms. The van der Waals surface area contributed by atoms with Gasteiger partial charge in [0, 0.05) is 12.1 Å². The number of carboxylic acid groups (broad SMARTS) is 1. The number of nitrogens with one attached hydrogen (secondary N) is 1. The molecule has 0 fully saturated rings. The maximum atomic E-state index is 11.3. The summed E-state index contributed by atoms with van der Waals surface area (Å²) in [5.74, 6) is -2.75. The Kier molecular flexibility index (Phi) is 4.86. The third-order valence-electron chi connectivity index (χ3n) is 2.24. The lowest BCUT2D eigenvalue weighted by Crippen LogP contribution is -2.24. The van der Waals surface area contributed by atoms with E-state index in [0.29, 0.717) is 0 Å². The minimum absolute atomic E-state index is 0.0382. The van der Waals surface area contributed by atoms with Crippen LogP contribution in [0.3, 0.4) is 0 Å². The fourth-order valence-corrected chi connectivity index (χ4v) is 2.39. The van der Waals surface area contributed by atoms with E-state index in [4.69, 9.17) is 5.11 Å². The first-order chi connectivity index (χ1) is 8.32. The number of carbonyl (C=O) groups is 1. The van der Waals surface area contributed by atoms with Crippen molar-refractivity contribution in [2.75, 3.05) is 6.54 Å². The number of aliphatic carboxylic acids is 1. The van der Waals surface area contributed by atoms with Gasteiger partial charge in [0.15, 0.2) is 0 Å². The molecule has 1 aromatic carbocycles.